The summed E-state index contributed by atoms with van der Waals surface area (Å²) in [5, 5.41) is 0.809. The second kappa shape index (κ2) is 6.73. The van der Waals surface area contributed by atoms with E-state index in [-0.39, 0.29) is 5.78 Å². The first kappa shape index (κ1) is 16.6. The summed E-state index contributed by atoms with van der Waals surface area (Å²) < 4.78 is 5.31. The zero-order chi connectivity index (χ0) is 18.0. The van der Waals surface area contributed by atoms with E-state index in [2.05, 4.69) is 4.98 Å². The van der Waals surface area contributed by atoms with Crippen LogP contribution in [0.4, 0.5) is 0 Å². The summed E-state index contributed by atoms with van der Waals surface area (Å²) in [4.78, 5) is 38.8. The van der Waals surface area contributed by atoms with E-state index in [0.29, 0.717) is 23.0 Å². The van der Waals surface area contributed by atoms with E-state index in [9.17, 15) is 14.4 Å². The number of para-hydroxylation sites is 1. The van der Waals surface area contributed by atoms with Crippen LogP contribution in [0.5, 0.6) is 0 Å². The van der Waals surface area contributed by atoms with Gasteiger partial charge in [-0.1, -0.05) is 30.3 Å². The Morgan fingerprint density at radius 1 is 1.08 bits per heavy atom. The van der Waals surface area contributed by atoms with Gasteiger partial charge in [0.05, 0.1) is 5.56 Å². The van der Waals surface area contributed by atoms with Crippen molar-refractivity contribution in [1.82, 2.24) is 4.98 Å². The molecule has 1 N–H and O–H groups in total. The number of fused-ring (bicyclic) bond motifs is 1. The monoisotopic (exact) mass is 335 g/mol. The molecule has 0 radical (unpaired) electrons. The Morgan fingerprint density at radius 2 is 1.76 bits per heavy atom. The lowest BCUT2D eigenvalue weighted by atomic mass is 10.0. The molecule has 0 spiro atoms. The van der Waals surface area contributed by atoms with Gasteiger partial charge in [-0.05, 0) is 32.0 Å². The van der Waals surface area contributed by atoms with Gasteiger partial charge >= 0.3 is 5.97 Å². The Bertz CT molecular complexity index is 953. The van der Waals surface area contributed by atoms with Gasteiger partial charge in [-0.15, -0.1) is 0 Å². The second-order valence-electron chi connectivity index (χ2n) is 5.82. The van der Waals surface area contributed by atoms with Gasteiger partial charge in [-0.2, -0.15) is 0 Å². The van der Waals surface area contributed by atoms with Crippen molar-refractivity contribution in [3.8, 4) is 0 Å². The number of esters is 1. The molecule has 1 heterocycles. The fourth-order valence-electron chi connectivity index (χ4n) is 2.78. The van der Waals surface area contributed by atoms with E-state index < -0.39 is 12.1 Å². The average molecular weight is 335 g/mol. The zero-order valence-corrected chi connectivity index (χ0v) is 13.9. The molecule has 1 atom stereocenters. The van der Waals surface area contributed by atoms with Crippen LogP contribution in [-0.2, 0) is 4.74 Å². The molecular formula is C20H17NO4. The fourth-order valence-corrected chi connectivity index (χ4v) is 2.78. The van der Waals surface area contributed by atoms with E-state index in [1.54, 1.807) is 6.92 Å². The van der Waals surface area contributed by atoms with E-state index in [4.69, 9.17) is 4.74 Å². The highest BCUT2D eigenvalue weighted by Gasteiger charge is 2.24. The quantitative estimate of drug-likeness (QED) is 0.438. The summed E-state index contributed by atoms with van der Waals surface area (Å²) in [5.74, 6) is -0.858. The van der Waals surface area contributed by atoms with Crippen LogP contribution < -0.4 is 0 Å². The number of benzene rings is 2. The first-order chi connectivity index (χ1) is 12.0. The first-order valence-corrected chi connectivity index (χ1v) is 7.89. The maximum absolute atomic E-state index is 12.8. The molecule has 0 unspecified atom stereocenters. The summed E-state index contributed by atoms with van der Waals surface area (Å²) >= 11 is 0. The van der Waals surface area contributed by atoms with Gasteiger partial charge in [0.1, 0.15) is 6.29 Å². The Kier molecular flexibility index (Phi) is 4.48. The molecule has 5 heteroatoms. The largest absolute Gasteiger partial charge is 0.451 e. The number of carbonyl (C=O) groups excluding carboxylic acids is 3. The predicted octanol–water partition coefficient (Wildman–Crippen LogP) is 3.72. The minimum atomic E-state index is -0.920. The third-order valence-electron chi connectivity index (χ3n) is 4.08. The van der Waals surface area contributed by atoms with Crippen molar-refractivity contribution in [2.75, 3.05) is 0 Å². The number of Topliss-reactive ketones (excluding diaryl/α,β-unsaturated/α-hetero) is 1. The van der Waals surface area contributed by atoms with Crippen molar-refractivity contribution < 1.29 is 19.1 Å². The Labute approximate surface area is 144 Å². The SMILES string of the molecule is Cc1[nH]c2ccccc2c1C(=O)[C@@H](C)OC(=O)c1ccc(C=O)cc1. The van der Waals surface area contributed by atoms with Crippen LogP contribution in [0, 0.1) is 6.92 Å². The van der Waals surface area contributed by atoms with E-state index >= 15 is 0 Å². The van der Waals surface area contributed by atoms with Gasteiger partial charge in [0, 0.05) is 27.7 Å². The topological polar surface area (TPSA) is 76.2 Å². The molecule has 5 nitrogen and oxygen atoms in total. The lowest BCUT2D eigenvalue weighted by Gasteiger charge is -2.12. The van der Waals surface area contributed by atoms with Gasteiger partial charge in [-0.3, -0.25) is 9.59 Å². The molecule has 0 bridgehead atoms. The van der Waals surface area contributed by atoms with Crippen molar-refractivity contribution in [1.29, 1.82) is 0 Å². The van der Waals surface area contributed by atoms with Crippen molar-refractivity contribution in [3.63, 3.8) is 0 Å². The maximum atomic E-state index is 12.8. The van der Waals surface area contributed by atoms with E-state index in [1.165, 1.54) is 24.3 Å². The Hall–Kier alpha value is -3.21. The molecule has 0 aliphatic carbocycles. The highest BCUT2D eigenvalue weighted by molar-refractivity contribution is 6.11. The van der Waals surface area contributed by atoms with Crippen molar-refractivity contribution in [2.24, 2.45) is 0 Å². The summed E-state index contributed by atoms with van der Waals surface area (Å²) in [6, 6.07) is 13.6. The molecule has 3 rings (SSSR count). The number of carbonyl (C=O) groups is 3. The molecule has 3 aromatic rings. The van der Waals surface area contributed by atoms with Crippen LogP contribution in [0.15, 0.2) is 48.5 Å². The van der Waals surface area contributed by atoms with E-state index in [0.717, 1.165) is 16.6 Å². The smallest absolute Gasteiger partial charge is 0.338 e. The van der Waals surface area contributed by atoms with Crippen molar-refractivity contribution in [3.05, 3.63) is 70.9 Å². The van der Waals surface area contributed by atoms with Crippen LogP contribution in [-0.4, -0.2) is 29.1 Å². The average Bonchev–Trinajstić information content (AvgIpc) is 2.96. The van der Waals surface area contributed by atoms with Crippen molar-refractivity contribution in [2.45, 2.75) is 20.0 Å². The highest BCUT2D eigenvalue weighted by Crippen LogP contribution is 2.24. The molecule has 126 valence electrons. The lowest BCUT2D eigenvalue weighted by molar-refractivity contribution is 0.0319. The third-order valence-corrected chi connectivity index (χ3v) is 4.08. The molecule has 0 saturated carbocycles. The van der Waals surface area contributed by atoms with E-state index in [1.807, 2.05) is 31.2 Å². The number of aldehydes is 1. The van der Waals surface area contributed by atoms with Crippen LogP contribution in [0.2, 0.25) is 0 Å². The normalized spacial score (nSPS) is 11.9. The van der Waals surface area contributed by atoms with Crippen LogP contribution >= 0.6 is 0 Å². The number of nitrogens with one attached hydrogen (secondary N) is 1. The number of aryl methyl sites for hydroxylation is 1. The number of ether oxygens (including phenoxy) is 1. The number of rotatable bonds is 5. The van der Waals surface area contributed by atoms with Gasteiger partial charge in [0.2, 0.25) is 5.78 Å². The molecule has 1 aromatic heterocycles. The molecule has 0 saturated heterocycles. The molecule has 0 aliphatic heterocycles. The molecule has 0 aliphatic rings. The zero-order valence-electron chi connectivity index (χ0n) is 13.9. The second-order valence-corrected chi connectivity index (χ2v) is 5.82. The third kappa shape index (κ3) is 3.21. The molecule has 0 amide bonds. The van der Waals surface area contributed by atoms with Gasteiger partial charge in [0.25, 0.3) is 0 Å². The summed E-state index contributed by atoms with van der Waals surface area (Å²) in [6.07, 6.45) is -0.225. The van der Waals surface area contributed by atoms with Crippen LogP contribution in [0.25, 0.3) is 10.9 Å². The van der Waals surface area contributed by atoms with Crippen molar-refractivity contribution >= 4 is 28.9 Å². The number of H-pyrrole nitrogens is 1. The predicted molar refractivity (Wildman–Crippen MR) is 94.1 cm³/mol. The Balaban J connectivity index is 1.81. The molecule has 2 aromatic carbocycles. The summed E-state index contributed by atoms with van der Waals surface area (Å²) in [5.41, 5.74) is 2.90. The van der Waals surface area contributed by atoms with Crippen LogP contribution in [0.1, 0.15) is 43.7 Å². The maximum Gasteiger partial charge on any atom is 0.338 e. The minimum Gasteiger partial charge on any atom is -0.451 e. The Morgan fingerprint density at radius 3 is 2.44 bits per heavy atom. The molecule has 0 fully saturated rings. The van der Waals surface area contributed by atoms with Gasteiger partial charge in [-0.25, -0.2) is 4.79 Å². The van der Waals surface area contributed by atoms with Crippen LogP contribution in [0.3, 0.4) is 0 Å². The van der Waals surface area contributed by atoms with Gasteiger partial charge in [0.15, 0.2) is 6.10 Å². The first-order valence-electron chi connectivity index (χ1n) is 7.89. The number of hydrogen-bond donors (Lipinski definition) is 1. The van der Waals surface area contributed by atoms with Gasteiger partial charge < -0.3 is 9.72 Å². The number of hydrogen-bond acceptors (Lipinski definition) is 4. The number of aromatic amines is 1. The molecular weight excluding hydrogens is 318 g/mol. The molecule has 25 heavy (non-hydrogen) atoms. The standard InChI is InChI=1S/C20H17NO4/c1-12-18(16-5-3-4-6-17(16)21-12)19(23)13(2)25-20(24)15-9-7-14(11-22)8-10-15/h3-11,13,21H,1-2H3/t13-/m1/s1. The number of ketones is 1. The number of aromatic nitrogens is 1. The highest BCUT2D eigenvalue weighted by atomic mass is 16.5. The summed E-state index contributed by atoms with van der Waals surface area (Å²) in [6.45, 7) is 3.38. The fraction of sp³-hybridized carbons (Fsp3) is 0.150. The minimum absolute atomic E-state index is 0.257. The summed E-state index contributed by atoms with van der Waals surface area (Å²) in [7, 11) is 0. The lowest BCUT2D eigenvalue weighted by Crippen LogP contribution is -2.24.